The van der Waals surface area contributed by atoms with Gasteiger partial charge in [-0.3, -0.25) is 0 Å². The summed E-state index contributed by atoms with van der Waals surface area (Å²) < 4.78 is 21.8. The van der Waals surface area contributed by atoms with Gasteiger partial charge in [0.15, 0.2) is 0 Å². The minimum absolute atomic E-state index is 0. The highest BCUT2D eigenvalue weighted by Crippen LogP contribution is 2.35. The summed E-state index contributed by atoms with van der Waals surface area (Å²) in [6.07, 6.45) is 1.66. The molecule has 0 aromatic heterocycles. The zero-order valence-electron chi connectivity index (χ0n) is 7.66. The van der Waals surface area contributed by atoms with Gasteiger partial charge in [0.05, 0.1) is 10.1 Å². The van der Waals surface area contributed by atoms with E-state index in [2.05, 4.69) is 0 Å². The van der Waals surface area contributed by atoms with Gasteiger partial charge in [-0.2, -0.15) is 8.42 Å². The lowest BCUT2D eigenvalue weighted by molar-refractivity contribution is 0.627. The number of hydrogen-bond donors (Lipinski definition) is 0. The van der Waals surface area contributed by atoms with E-state index in [1.54, 1.807) is 6.08 Å². The van der Waals surface area contributed by atoms with Crippen LogP contribution in [0.2, 0.25) is 0 Å². The lowest BCUT2D eigenvalue weighted by Crippen LogP contribution is -2.03. The molecule has 0 bridgehead atoms. The lowest BCUT2D eigenvalue weighted by atomic mass is 10.1. The van der Waals surface area contributed by atoms with Crippen LogP contribution in [0, 0.1) is 0 Å². The van der Waals surface area contributed by atoms with Crippen molar-refractivity contribution in [1.29, 1.82) is 0 Å². The molecule has 1 aromatic carbocycles. The summed E-state index contributed by atoms with van der Waals surface area (Å²) >= 11 is 1.52. The molecule has 2 rings (SSSR count). The van der Waals surface area contributed by atoms with Gasteiger partial charge in [-0.15, -0.1) is 24.2 Å². The molecule has 0 radical (unpaired) electrons. The molecule has 0 spiro atoms. The SMILES string of the molecule is Cl.O=S(=O)=C1C=CSC1c1ccccc1. The number of benzene rings is 1. The quantitative estimate of drug-likeness (QED) is 0.728. The van der Waals surface area contributed by atoms with Crippen LogP contribution in [0.15, 0.2) is 41.8 Å². The van der Waals surface area contributed by atoms with Gasteiger partial charge < -0.3 is 0 Å². The van der Waals surface area contributed by atoms with Crippen molar-refractivity contribution < 1.29 is 8.42 Å². The first-order chi connectivity index (χ1) is 6.79. The van der Waals surface area contributed by atoms with Crippen LogP contribution in [0.5, 0.6) is 0 Å². The molecule has 2 nitrogen and oxygen atoms in total. The molecule has 0 saturated heterocycles. The van der Waals surface area contributed by atoms with Crippen molar-refractivity contribution in [3.8, 4) is 0 Å². The molecule has 1 aliphatic rings. The first-order valence-electron chi connectivity index (χ1n) is 4.12. The largest absolute Gasteiger partial charge is 0.218 e. The maximum Gasteiger partial charge on any atom is 0.218 e. The topological polar surface area (TPSA) is 34.1 Å². The standard InChI is InChI=1S/C10H8O2S2.ClH/c11-14(12)9-6-7-13-10(9)8-4-2-1-3-5-8;/h1-7,10H;1H. The van der Waals surface area contributed by atoms with E-state index in [-0.39, 0.29) is 17.7 Å². The second-order valence-corrected chi connectivity index (χ2v) is 4.82. The fraction of sp³-hybridized carbons (Fsp3) is 0.100. The van der Waals surface area contributed by atoms with E-state index >= 15 is 0 Å². The Bertz CT molecular complexity index is 483. The number of allylic oxidation sites excluding steroid dienone is 1. The second kappa shape index (κ2) is 5.39. The third-order valence-corrected chi connectivity index (χ3v) is 4.00. The van der Waals surface area contributed by atoms with Crippen LogP contribution in [0.4, 0.5) is 0 Å². The Morgan fingerprint density at radius 1 is 1.13 bits per heavy atom. The Labute approximate surface area is 100 Å². The molecule has 1 heterocycles. The van der Waals surface area contributed by atoms with Gasteiger partial charge in [0.2, 0.25) is 10.3 Å². The minimum Gasteiger partial charge on any atom is -0.184 e. The highest BCUT2D eigenvalue weighted by Gasteiger charge is 2.21. The molecule has 0 saturated carbocycles. The van der Waals surface area contributed by atoms with Crippen LogP contribution in [0.3, 0.4) is 0 Å². The molecule has 15 heavy (non-hydrogen) atoms. The van der Waals surface area contributed by atoms with Crippen molar-refractivity contribution >= 4 is 39.3 Å². The average Bonchev–Trinajstić information content (AvgIpc) is 2.67. The van der Waals surface area contributed by atoms with E-state index in [4.69, 9.17) is 0 Å². The predicted molar refractivity (Wildman–Crippen MR) is 67.1 cm³/mol. The summed E-state index contributed by atoms with van der Waals surface area (Å²) in [4.78, 5) is 0.459. The van der Waals surface area contributed by atoms with E-state index < -0.39 is 10.3 Å². The third kappa shape index (κ3) is 2.65. The van der Waals surface area contributed by atoms with Crippen molar-refractivity contribution in [3.05, 3.63) is 47.4 Å². The molecule has 0 N–H and O–H groups in total. The van der Waals surface area contributed by atoms with Crippen LogP contribution in [0.1, 0.15) is 10.8 Å². The van der Waals surface area contributed by atoms with Crippen LogP contribution >= 0.6 is 24.2 Å². The summed E-state index contributed by atoms with van der Waals surface area (Å²) in [5.41, 5.74) is 1.03. The molecule has 1 atom stereocenters. The van der Waals surface area contributed by atoms with E-state index in [0.29, 0.717) is 4.86 Å². The molecule has 1 aromatic rings. The molecule has 1 unspecified atom stereocenters. The number of rotatable bonds is 1. The molecule has 1 aliphatic heterocycles. The van der Waals surface area contributed by atoms with Gasteiger partial charge in [0, 0.05) is 0 Å². The zero-order valence-corrected chi connectivity index (χ0v) is 10.1. The Balaban J connectivity index is 0.00000112. The average molecular weight is 261 g/mol. The first-order valence-corrected chi connectivity index (χ1v) is 6.14. The fourth-order valence-corrected chi connectivity index (χ4v) is 3.24. The van der Waals surface area contributed by atoms with Crippen molar-refractivity contribution in [3.63, 3.8) is 0 Å². The third-order valence-electron chi connectivity index (χ3n) is 2.00. The van der Waals surface area contributed by atoms with Crippen molar-refractivity contribution in [2.45, 2.75) is 5.25 Å². The number of halogens is 1. The summed E-state index contributed by atoms with van der Waals surface area (Å²) in [6.45, 7) is 0. The van der Waals surface area contributed by atoms with Crippen LogP contribution < -0.4 is 0 Å². The smallest absolute Gasteiger partial charge is 0.184 e. The van der Waals surface area contributed by atoms with Crippen molar-refractivity contribution in [2.75, 3.05) is 0 Å². The van der Waals surface area contributed by atoms with Gasteiger partial charge >= 0.3 is 0 Å². The normalized spacial score (nSPS) is 18.7. The van der Waals surface area contributed by atoms with Gasteiger partial charge in [-0.05, 0) is 17.0 Å². The van der Waals surface area contributed by atoms with E-state index in [0.717, 1.165) is 5.56 Å². The zero-order chi connectivity index (χ0) is 9.97. The van der Waals surface area contributed by atoms with Crippen molar-refractivity contribution in [2.24, 2.45) is 0 Å². The first kappa shape index (κ1) is 12.4. The Morgan fingerprint density at radius 3 is 2.40 bits per heavy atom. The molecular formula is C10H9ClO2S2. The minimum atomic E-state index is -2.11. The number of thioether (sulfide) groups is 1. The maximum atomic E-state index is 10.9. The fourth-order valence-electron chi connectivity index (χ4n) is 1.35. The molecule has 0 amide bonds. The molecule has 80 valence electrons. The van der Waals surface area contributed by atoms with E-state index in [1.807, 2.05) is 35.7 Å². The Kier molecular flexibility index (Phi) is 4.45. The molecule has 0 fully saturated rings. The van der Waals surface area contributed by atoms with Gasteiger partial charge in [0.1, 0.15) is 0 Å². The van der Waals surface area contributed by atoms with Crippen molar-refractivity contribution in [1.82, 2.24) is 0 Å². The van der Waals surface area contributed by atoms with Crippen LogP contribution in [-0.2, 0) is 10.3 Å². The van der Waals surface area contributed by atoms with Gasteiger partial charge in [-0.1, -0.05) is 30.3 Å². The summed E-state index contributed by atoms with van der Waals surface area (Å²) in [5, 5.41) is 1.76. The van der Waals surface area contributed by atoms with Gasteiger partial charge in [-0.25, -0.2) is 0 Å². The lowest BCUT2D eigenvalue weighted by Gasteiger charge is -2.07. The highest BCUT2D eigenvalue weighted by molar-refractivity contribution is 8.04. The highest BCUT2D eigenvalue weighted by atomic mass is 35.5. The molecular weight excluding hydrogens is 252 g/mol. The Morgan fingerprint density at radius 2 is 1.80 bits per heavy atom. The summed E-state index contributed by atoms with van der Waals surface area (Å²) in [5.74, 6) is 0. The van der Waals surface area contributed by atoms with Gasteiger partial charge in [0.25, 0.3) is 0 Å². The van der Waals surface area contributed by atoms with E-state index in [1.165, 1.54) is 11.8 Å². The summed E-state index contributed by atoms with van der Waals surface area (Å²) in [6, 6.07) is 9.64. The van der Waals surface area contributed by atoms with Crippen LogP contribution in [0.25, 0.3) is 0 Å². The molecule has 0 aliphatic carbocycles. The predicted octanol–water partition coefficient (Wildman–Crippen LogP) is 2.46. The molecule has 5 heteroatoms. The van der Waals surface area contributed by atoms with E-state index in [9.17, 15) is 8.42 Å². The second-order valence-electron chi connectivity index (χ2n) is 2.87. The maximum absolute atomic E-state index is 10.9. The van der Waals surface area contributed by atoms with Crippen LogP contribution in [-0.4, -0.2) is 13.3 Å². The summed E-state index contributed by atoms with van der Waals surface area (Å²) in [7, 11) is -2.11. The Hall–Kier alpha value is -0.710. The monoisotopic (exact) mass is 260 g/mol. The number of hydrogen-bond acceptors (Lipinski definition) is 3.